The molecule has 1 aliphatic rings. The van der Waals surface area contributed by atoms with Crippen molar-refractivity contribution in [2.75, 3.05) is 0 Å². The first-order valence-electron chi connectivity index (χ1n) is 6.44. The Morgan fingerprint density at radius 2 is 2.29 bits per heavy atom. The van der Waals surface area contributed by atoms with E-state index < -0.39 is 0 Å². The molecule has 1 aliphatic carbocycles. The van der Waals surface area contributed by atoms with Crippen molar-refractivity contribution in [2.45, 2.75) is 51.2 Å². The second kappa shape index (κ2) is 5.36. The third-order valence-corrected chi connectivity index (χ3v) is 3.54. The molecule has 3 N–H and O–H groups in total. The molecule has 0 radical (unpaired) electrons. The van der Waals surface area contributed by atoms with E-state index in [9.17, 15) is 4.79 Å². The Balaban J connectivity index is 2.01. The van der Waals surface area contributed by atoms with Crippen LogP contribution in [0.5, 0.6) is 0 Å². The predicted molar refractivity (Wildman–Crippen MR) is 67.8 cm³/mol. The third kappa shape index (κ3) is 2.69. The third-order valence-electron chi connectivity index (χ3n) is 3.54. The van der Waals surface area contributed by atoms with Crippen molar-refractivity contribution in [3.8, 4) is 0 Å². The average molecular weight is 235 g/mol. The van der Waals surface area contributed by atoms with Crippen LogP contribution in [0.1, 0.15) is 43.1 Å². The molecule has 2 atom stereocenters. The second-order valence-electron chi connectivity index (χ2n) is 4.71. The van der Waals surface area contributed by atoms with Gasteiger partial charge in [-0.3, -0.25) is 4.79 Å². The molecule has 1 aromatic heterocycles. The molecule has 17 heavy (non-hydrogen) atoms. The van der Waals surface area contributed by atoms with Crippen molar-refractivity contribution in [1.29, 1.82) is 0 Å². The fraction of sp³-hybridized carbons (Fsp3) is 0.615. The minimum absolute atomic E-state index is 0.000741. The molecule has 94 valence electrons. The van der Waals surface area contributed by atoms with Gasteiger partial charge in [-0.25, -0.2) is 0 Å². The van der Waals surface area contributed by atoms with E-state index in [0.29, 0.717) is 0 Å². The summed E-state index contributed by atoms with van der Waals surface area (Å²) in [6.07, 6.45) is 6.28. The number of nitrogens with one attached hydrogen (secondary N) is 1. The van der Waals surface area contributed by atoms with Crippen LogP contribution < -0.4 is 11.1 Å². The summed E-state index contributed by atoms with van der Waals surface area (Å²) in [7, 11) is 0. The molecule has 4 nitrogen and oxygen atoms in total. The first kappa shape index (κ1) is 12.2. The largest absolute Gasteiger partial charge is 0.346 e. The zero-order valence-electron chi connectivity index (χ0n) is 10.4. The topological polar surface area (TPSA) is 60.0 Å². The van der Waals surface area contributed by atoms with Crippen LogP contribution in [-0.2, 0) is 6.54 Å². The summed E-state index contributed by atoms with van der Waals surface area (Å²) in [6, 6.07) is 4.00. The number of carbonyl (C=O) groups is 1. The molecule has 4 heteroatoms. The minimum atomic E-state index is -0.000741. The van der Waals surface area contributed by atoms with Crippen LogP contribution in [0, 0.1) is 0 Å². The number of nitrogens with two attached hydrogens (primary N) is 1. The molecule has 1 amide bonds. The van der Waals surface area contributed by atoms with Gasteiger partial charge < -0.3 is 15.6 Å². The van der Waals surface area contributed by atoms with Crippen LogP contribution >= 0.6 is 0 Å². The van der Waals surface area contributed by atoms with E-state index in [1.807, 2.05) is 29.8 Å². The molecule has 1 fully saturated rings. The quantitative estimate of drug-likeness (QED) is 0.834. The number of aromatic nitrogens is 1. The number of aryl methyl sites for hydroxylation is 1. The van der Waals surface area contributed by atoms with Gasteiger partial charge in [-0.05, 0) is 31.9 Å². The minimum Gasteiger partial charge on any atom is -0.346 e. The number of hydrogen-bond donors (Lipinski definition) is 2. The number of amides is 1. The summed E-state index contributed by atoms with van der Waals surface area (Å²) in [5, 5.41) is 3.06. The molecular weight excluding hydrogens is 214 g/mol. The van der Waals surface area contributed by atoms with E-state index in [0.717, 1.165) is 31.5 Å². The van der Waals surface area contributed by atoms with Gasteiger partial charge in [0.15, 0.2) is 0 Å². The molecule has 0 aromatic carbocycles. The Kier molecular flexibility index (Phi) is 3.84. The van der Waals surface area contributed by atoms with Crippen molar-refractivity contribution in [3.05, 3.63) is 24.0 Å². The summed E-state index contributed by atoms with van der Waals surface area (Å²) in [5.74, 6) is -0.000741. The Morgan fingerprint density at radius 3 is 3.00 bits per heavy atom. The average Bonchev–Trinajstić information content (AvgIpc) is 2.80. The first-order chi connectivity index (χ1) is 8.22. The van der Waals surface area contributed by atoms with Crippen molar-refractivity contribution in [3.63, 3.8) is 0 Å². The highest BCUT2D eigenvalue weighted by Gasteiger charge is 2.24. The van der Waals surface area contributed by atoms with Crippen LogP contribution in [-0.4, -0.2) is 22.6 Å². The Hall–Kier alpha value is -1.29. The van der Waals surface area contributed by atoms with Gasteiger partial charge in [0.05, 0.1) is 0 Å². The highest BCUT2D eigenvalue weighted by atomic mass is 16.2. The van der Waals surface area contributed by atoms with Crippen molar-refractivity contribution in [1.82, 2.24) is 9.88 Å². The smallest absolute Gasteiger partial charge is 0.268 e. The molecule has 1 saturated carbocycles. The summed E-state index contributed by atoms with van der Waals surface area (Å²) < 4.78 is 1.95. The number of hydrogen-bond acceptors (Lipinski definition) is 2. The summed E-state index contributed by atoms with van der Waals surface area (Å²) in [6.45, 7) is 2.84. The monoisotopic (exact) mass is 235 g/mol. The zero-order valence-corrected chi connectivity index (χ0v) is 10.4. The Labute approximate surface area is 102 Å². The van der Waals surface area contributed by atoms with Gasteiger partial charge in [0.25, 0.3) is 5.91 Å². The molecule has 1 heterocycles. The molecular formula is C13H21N3O. The van der Waals surface area contributed by atoms with Crippen LogP contribution in [0.2, 0.25) is 0 Å². The fourth-order valence-corrected chi connectivity index (χ4v) is 2.48. The van der Waals surface area contributed by atoms with Crippen LogP contribution in [0.4, 0.5) is 0 Å². The summed E-state index contributed by atoms with van der Waals surface area (Å²) in [5.41, 5.74) is 6.76. The van der Waals surface area contributed by atoms with Gasteiger partial charge in [-0.1, -0.05) is 12.8 Å². The molecule has 0 aliphatic heterocycles. The molecule has 2 unspecified atom stereocenters. The van der Waals surface area contributed by atoms with Crippen molar-refractivity contribution < 1.29 is 4.79 Å². The lowest BCUT2D eigenvalue weighted by atomic mass is 9.91. The molecule has 0 spiro atoms. The lowest BCUT2D eigenvalue weighted by Gasteiger charge is -2.29. The maximum absolute atomic E-state index is 12.1. The summed E-state index contributed by atoms with van der Waals surface area (Å²) in [4.78, 5) is 12.1. The normalized spacial score (nSPS) is 24.6. The lowest BCUT2D eigenvalue weighted by Crippen LogP contribution is -2.49. The van der Waals surface area contributed by atoms with Crippen LogP contribution in [0.25, 0.3) is 0 Å². The van der Waals surface area contributed by atoms with Gasteiger partial charge in [0, 0.05) is 24.8 Å². The number of rotatable bonds is 3. The van der Waals surface area contributed by atoms with Gasteiger partial charge in [0.2, 0.25) is 0 Å². The van der Waals surface area contributed by atoms with Gasteiger partial charge in [-0.2, -0.15) is 0 Å². The highest BCUT2D eigenvalue weighted by molar-refractivity contribution is 5.93. The Bertz CT molecular complexity index is 386. The number of nitrogens with zero attached hydrogens (tertiary/aromatic N) is 1. The SMILES string of the molecule is CCn1cccc1C(=O)NC1CCCCC1N. The van der Waals surface area contributed by atoms with Gasteiger partial charge >= 0.3 is 0 Å². The standard InChI is InChI=1S/C13H21N3O/c1-2-16-9-5-8-12(16)13(17)15-11-7-4-3-6-10(11)14/h5,8-11H,2-4,6-7,14H2,1H3,(H,15,17). The van der Waals surface area contributed by atoms with E-state index in [4.69, 9.17) is 5.73 Å². The van der Waals surface area contributed by atoms with Crippen LogP contribution in [0.15, 0.2) is 18.3 Å². The van der Waals surface area contributed by atoms with E-state index in [1.54, 1.807) is 0 Å². The predicted octanol–water partition coefficient (Wildman–Crippen LogP) is 1.51. The molecule has 0 saturated heterocycles. The van der Waals surface area contributed by atoms with E-state index >= 15 is 0 Å². The van der Waals surface area contributed by atoms with E-state index in [2.05, 4.69) is 5.32 Å². The lowest BCUT2D eigenvalue weighted by molar-refractivity contribution is 0.0912. The highest BCUT2D eigenvalue weighted by Crippen LogP contribution is 2.17. The van der Waals surface area contributed by atoms with Gasteiger partial charge in [-0.15, -0.1) is 0 Å². The van der Waals surface area contributed by atoms with E-state index in [-0.39, 0.29) is 18.0 Å². The fourth-order valence-electron chi connectivity index (χ4n) is 2.48. The van der Waals surface area contributed by atoms with E-state index in [1.165, 1.54) is 6.42 Å². The Morgan fingerprint density at radius 1 is 1.53 bits per heavy atom. The maximum Gasteiger partial charge on any atom is 0.268 e. The maximum atomic E-state index is 12.1. The molecule has 0 bridgehead atoms. The zero-order chi connectivity index (χ0) is 12.3. The van der Waals surface area contributed by atoms with Crippen molar-refractivity contribution in [2.24, 2.45) is 5.73 Å². The number of carbonyl (C=O) groups excluding carboxylic acids is 1. The van der Waals surface area contributed by atoms with Crippen LogP contribution in [0.3, 0.4) is 0 Å². The van der Waals surface area contributed by atoms with Gasteiger partial charge in [0.1, 0.15) is 5.69 Å². The summed E-state index contributed by atoms with van der Waals surface area (Å²) >= 11 is 0. The first-order valence-corrected chi connectivity index (χ1v) is 6.44. The van der Waals surface area contributed by atoms with Crippen molar-refractivity contribution >= 4 is 5.91 Å². The molecule has 2 rings (SSSR count). The molecule has 1 aromatic rings. The second-order valence-corrected chi connectivity index (χ2v) is 4.71.